The molecule has 0 saturated heterocycles. The van der Waals surface area contributed by atoms with Crippen LogP contribution in [0.4, 0.5) is 5.82 Å². The van der Waals surface area contributed by atoms with Crippen molar-refractivity contribution in [1.82, 2.24) is 9.71 Å². The number of anilines is 1. The second kappa shape index (κ2) is 3.21. The standard InChI is InChI=1S/C6H10N4O3/c1-2-13-5-3(11)4(7)10(12)6(8)9-5/h8,11-12H,2,7H2,1H3. The van der Waals surface area contributed by atoms with Gasteiger partial charge in [0.25, 0.3) is 11.5 Å². The smallest absolute Gasteiger partial charge is 0.264 e. The molecule has 1 rings (SSSR count). The van der Waals surface area contributed by atoms with Crippen molar-refractivity contribution in [2.45, 2.75) is 6.92 Å². The maximum Gasteiger partial charge on any atom is 0.264 e. The monoisotopic (exact) mass is 186 g/mol. The molecule has 72 valence electrons. The minimum Gasteiger partial charge on any atom is -0.501 e. The third-order valence-electron chi connectivity index (χ3n) is 1.36. The van der Waals surface area contributed by atoms with E-state index in [1.54, 1.807) is 6.92 Å². The van der Waals surface area contributed by atoms with Gasteiger partial charge in [-0.25, -0.2) is 0 Å². The van der Waals surface area contributed by atoms with E-state index in [1.165, 1.54) is 0 Å². The molecule has 0 aliphatic heterocycles. The van der Waals surface area contributed by atoms with Crippen LogP contribution >= 0.6 is 0 Å². The average molecular weight is 186 g/mol. The van der Waals surface area contributed by atoms with Gasteiger partial charge in [-0.3, -0.25) is 5.41 Å². The van der Waals surface area contributed by atoms with Crippen molar-refractivity contribution in [3.05, 3.63) is 5.62 Å². The average Bonchev–Trinajstić information content (AvgIpc) is 2.11. The van der Waals surface area contributed by atoms with Crippen molar-refractivity contribution in [1.29, 1.82) is 5.41 Å². The van der Waals surface area contributed by atoms with Gasteiger partial charge in [0.15, 0.2) is 5.82 Å². The number of aromatic nitrogens is 2. The summed E-state index contributed by atoms with van der Waals surface area (Å²) < 4.78 is 5.13. The van der Waals surface area contributed by atoms with Gasteiger partial charge in [-0.15, -0.1) is 4.73 Å². The maximum atomic E-state index is 9.26. The Morgan fingerprint density at radius 2 is 2.31 bits per heavy atom. The normalized spacial score (nSPS) is 9.92. The Bertz CT molecular complexity index is 373. The summed E-state index contributed by atoms with van der Waals surface area (Å²) >= 11 is 0. The van der Waals surface area contributed by atoms with E-state index in [2.05, 4.69) is 4.98 Å². The molecular weight excluding hydrogens is 176 g/mol. The Labute approximate surface area is 73.5 Å². The fraction of sp³-hybridized carbons (Fsp3) is 0.333. The molecule has 0 fully saturated rings. The molecule has 0 saturated carbocycles. The Morgan fingerprint density at radius 1 is 1.69 bits per heavy atom. The van der Waals surface area contributed by atoms with Crippen LogP contribution in [0, 0.1) is 5.41 Å². The lowest BCUT2D eigenvalue weighted by atomic mass is 10.5. The molecule has 0 unspecified atom stereocenters. The van der Waals surface area contributed by atoms with Crippen LogP contribution in [0.5, 0.6) is 11.6 Å². The molecule has 1 aromatic rings. The van der Waals surface area contributed by atoms with Gasteiger partial charge < -0.3 is 20.8 Å². The predicted molar refractivity (Wildman–Crippen MR) is 42.5 cm³/mol. The van der Waals surface area contributed by atoms with Crippen LogP contribution in [0.3, 0.4) is 0 Å². The highest BCUT2D eigenvalue weighted by molar-refractivity contribution is 5.50. The first-order valence-electron chi connectivity index (χ1n) is 3.56. The van der Waals surface area contributed by atoms with E-state index in [9.17, 15) is 5.11 Å². The number of nitrogens with one attached hydrogen (secondary N) is 1. The number of aromatic hydroxyl groups is 1. The summed E-state index contributed by atoms with van der Waals surface area (Å²) in [6, 6.07) is 0. The van der Waals surface area contributed by atoms with Crippen LogP contribution in [-0.2, 0) is 0 Å². The fourth-order valence-corrected chi connectivity index (χ4v) is 0.758. The van der Waals surface area contributed by atoms with Crippen LogP contribution in [0.25, 0.3) is 0 Å². The summed E-state index contributed by atoms with van der Waals surface area (Å²) in [4.78, 5) is 3.45. The molecular formula is C6H10N4O3. The predicted octanol–water partition coefficient (Wildman–Crippen LogP) is -0.714. The molecule has 1 heterocycles. The molecule has 0 aliphatic carbocycles. The molecule has 0 atom stereocenters. The van der Waals surface area contributed by atoms with Crippen LogP contribution in [0.1, 0.15) is 6.92 Å². The van der Waals surface area contributed by atoms with Crippen molar-refractivity contribution < 1.29 is 15.1 Å². The molecule has 0 aromatic carbocycles. The van der Waals surface area contributed by atoms with Gasteiger partial charge in [-0.05, 0) is 6.92 Å². The van der Waals surface area contributed by atoms with Crippen molar-refractivity contribution in [2.24, 2.45) is 0 Å². The lowest BCUT2D eigenvalue weighted by Crippen LogP contribution is -2.24. The largest absolute Gasteiger partial charge is 0.501 e. The van der Waals surface area contributed by atoms with E-state index in [-0.39, 0.29) is 23.0 Å². The molecule has 5 N–H and O–H groups in total. The number of nitrogens with zero attached hydrogens (tertiary/aromatic N) is 2. The molecule has 0 amide bonds. The molecule has 0 spiro atoms. The van der Waals surface area contributed by atoms with E-state index < -0.39 is 11.4 Å². The van der Waals surface area contributed by atoms with Gasteiger partial charge in [-0.1, -0.05) is 0 Å². The zero-order valence-corrected chi connectivity index (χ0v) is 6.98. The van der Waals surface area contributed by atoms with Gasteiger partial charge in [0.1, 0.15) is 0 Å². The van der Waals surface area contributed by atoms with Crippen molar-refractivity contribution in [3.8, 4) is 11.6 Å². The SMILES string of the molecule is CCOc1nc(=N)n(O)c(N)c1O. The van der Waals surface area contributed by atoms with E-state index in [4.69, 9.17) is 21.1 Å². The topological polar surface area (TPSA) is 117 Å². The number of ether oxygens (including phenoxy) is 1. The Balaban J connectivity index is 3.32. The highest BCUT2D eigenvalue weighted by atomic mass is 16.5. The molecule has 0 aliphatic rings. The van der Waals surface area contributed by atoms with Gasteiger partial charge in [-0.2, -0.15) is 4.98 Å². The lowest BCUT2D eigenvalue weighted by molar-refractivity contribution is 0.164. The molecule has 1 aromatic heterocycles. The van der Waals surface area contributed by atoms with Gasteiger partial charge in [0.2, 0.25) is 5.75 Å². The zero-order chi connectivity index (χ0) is 10.0. The zero-order valence-electron chi connectivity index (χ0n) is 6.98. The van der Waals surface area contributed by atoms with Crippen molar-refractivity contribution >= 4 is 5.82 Å². The summed E-state index contributed by atoms with van der Waals surface area (Å²) in [6.07, 6.45) is 0. The number of hydrogen-bond acceptors (Lipinski definition) is 6. The highest BCUT2D eigenvalue weighted by Gasteiger charge is 2.12. The first kappa shape index (κ1) is 9.17. The summed E-state index contributed by atoms with van der Waals surface area (Å²) in [7, 11) is 0. The van der Waals surface area contributed by atoms with E-state index in [0.29, 0.717) is 0 Å². The third-order valence-corrected chi connectivity index (χ3v) is 1.36. The number of rotatable bonds is 2. The minimum absolute atomic E-state index is 0.157. The minimum atomic E-state index is -0.501. The Morgan fingerprint density at radius 3 is 2.85 bits per heavy atom. The maximum absolute atomic E-state index is 9.26. The summed E-state index contributed by atoms with van der Waals surface area (Å²) in [5, 5.41) is 25.4. The van der Waals surface area contributed by atoms with Gasteiger partial charge in [0.05, 0.1) is 6.61 Å². The first-order valence-corrected chi connectivity index (χ1v) is 3.56. The number of nitrogens with two attached hydrogens (primary N) is 1. The van der Waals surface area contributed by atoms with Crippen LogP contribution in [-0.4, -0.2) is 26.6 Å². The molecule has 7 nitrogen and oxygen atoms in total. The molecule has 7 heteroatoms. The van der Waals surface area contributed by atoms with Crippen LogP contribution in [0.2, 0.25) is 0 Å². The molecule has 0 radical (unpaired) electrons. The van der Waals surface area contributed by atoms with Gasteiger partial charge in [0, 0.05) is 0 Å². The van der Waals surface area contributed by atoms with E-state index in [1.807, 2.05) is 0 Å². The Kier molecular flexibility index (Phi) is 2.27. The quantitative estimate of drug-likeness (QED) is 0.455. The second-order valence-electron chi connectivity index (χ2n) is 2.22. The Hall–Kier alpha value is -1.92. The summed E-state index contributed by atoms with van der Waals surface area (Å²) in [5.74, 6) is -1.00. The fourth-order valence-electron chi connectivity index (χ4n) is 0.758. The van der Waals surface area contributed by atoms with Gasteiger partial charge >= 0.3 is 0 Å². The summed E-state index contributed by atoms with van der Waals surface area (Å²) in [6.45, 7) is 1.98. The number of hydrogen-bond donors (Lipinski definition) is 4. The van der Waals surface area contributed by atoms with Crippen LogP contribution < -0.4 is 16.1 Å². The highest BCUT2D eigenvalue weighted by Crippen LogP contribution is 2.26. The summed E-state index contributed by atoms with van der Waals surface area (Å²) in [5.41, 5.74) is 4.74. The number of nitrogen functional groups attached to an aromatic ring is 1. The lowest BCUT2D eigenvalue weighted by Gasteiger charge is -2.08. The van der Waals surface area contributed by atoms with Crippen molar-refractivity contribution in [2.75, 3.05) is 12.3 Å². The van der Waals surface area contributed by atoms with Crippen LogP contribution in [0.15, 0.2) is 0 Å². The van der Waals surface area contributed by atoms with Crippen molar-refractivity contribution in [3.63, 3.8) is 0 Å². The first-order chi connectivity index (χ1) is 6.07. The molecule has 13 heavy (non-hydrogen) atoms. The van der Waals surface area contributed by atoms with E-state index in [0.717, 1.165) is 0 Å². The van der Waals surface area contributed by atoms with E-state index >= 15 is 0 Å². The molecule has 0 bridgehead atoms. The second-order valence-corrected chi connectivity index (χ2v) is 2.22. The third kappa shape index (κ3) is 1.48.